The Labute approximate surface area is 107 Å². The molecule has 0 aliphatic carbocycles. The molecule has 0 aromatic carbocycles. The number of hydrogen-bond acceptors (Lipinski definition) is 4. The average Bonchev–Trinajstić information content (AvgIpc) is 2.68. The van der Waals surface area contributed by atoms with Crippen LogP contribution < -0.4 is 10.6 Å². The van der Waals surface area contributed by atoms with Gasteiger partial charge in [-0.2, -0.15) is 0 Å². The van der Waals surface area contributed by atoms with E-state index in [0.29, 0.717) is 12.5 Å². The van der Waals surface area contributed by atoms with E-state index in [1.165, 1.54) is 0 Å². The molecule has 0 bridgehead atoms. The van der Waals surface area contributed by atoms with Crippen LogP contribution in [0.1, 0.15) is 31.0 Å². The summed E-state index contributed by atoms with van der Waals surface area (Å²) in [4.78, 5) is 16.1. The van der Waals surface area contributed by atoms with Crippen molar-refractivity contribution in [1.29, 1.82) is 0 Å². The zero-order chi connectivity index (χ0) is 12.8. The molecule has 2 N–H and O–H groups in total. The van der Waals surface area contributed by atoms with Gasteiger partial charge in [-0.05, 0) is 19.3 Å². The van der Waals surface area contributed by atoms with Crippen molar-refractivity contribution in [2.75, 3.05) is 7.05 Å². The standard InChI is InChI=1S/C12H21N3OS/c1-8(2)5-10(12(16)13-4)14-6-11-15-9(3)7-17-11/h7-8,10,14H,5-6H2,1-4H3,(H,13,16). The van der Waals surface area contributed by atoms with Crippen LogP contribution in [0.25, 0.3) is 0 Å². The fourth-order valence-electron chi connectivity index (χ4n) is 1.62. The first kappa shape index (κ1) is 14.1. The first-order valence-corrected chi connectivity index (χ1v) is 6.77. The summed E-state index contributed by atoms with van der Waals surface area (Å²) in [6.07, 6.45) is 0.837. The van der Waals surface area contributed by atoms with Gasteiger partial charge in [0.2, 0.25) is 5.91 Å². The van der Waals surface area contributed by atoms with E-state index < -0.39 is 0 Å². The summed E-state index contributed by atoms with van der Waals surface area (Å²) in [7, 11) is 1.67. The maximum atomic E-state index is 11.7. The molecule has 1 atom stereocenters. The van der Waals surface area contributed by atoms with Crippen molar-refractivity contribution in [3.05, 3.63) is 16.1 Å². The van der Waals surface area contributed by atoms with Crippen LogP contribution >= 0.6 is 11.3 Å². The second-order valence-electron chi connectivity index (χ2n) is 4.56. The predicted molar refractivity (Wildman–Crippen MR) is 71.0 cm³/mol. The first-order valence-electron chi connectivity index (χ1n) is 5.89. The second kappa shape index (κ2) is 6.71. The summed E-state index contributed by atoms with van der Waals surface area (Å²) >= 11 is 1.62. The van der Waals surface area contributed by atoms with Crippen molar-refractivity contribution < 1.29 is 4.79 Å². The minimum Gasteiger partial charge on any atom is -0.358 e. The fourth-order valence-corrected chi connectivity index (χ4v) is 2.35. The van der Waals surface area contributed by atoms with E-state index in [-0.39, 0.29) is 11.9 Å². The molecule has 0 spiro atoms. The molecule has 0 saturated carbocycles. The van der Waals surface area contributed by atoms with Crippen molar-refractivity contribution in [2.24, 2.45) is 5.92 Å². The number of thiazole rings is 1. The van der Waals surface area contributed by atoms with Crippen molar-refractivity contribution in [2.45, 2.75) is 39.8 Å². The average molecular weight is 255 g/mol. The lowest BCUT2D eigenvalue weighted by atomic mass is 10.0. The lowest BCUT2D eigenvalue weighted by Gasteiger charge is -2.18. The van der Waals surface area contributed by atoms with Gasteiger partial charge in [-0.25, -0.2) is 4.98 Å². The fraction of sp³-hybridized carbons (Fsp3) is 0.667. The van der Waals surface area contributed by atoms with Gasteiger partial charge in [0.1, 0.15) is 5.01 Å². The van der Waals surface area contributed by atoms with E-state index in [4.69, 9.17) is 0 Å². The minimum absolute atomic E-state index is 0.0481. The minimum atomic E-state index is -0.135. The maximum Gasteiger partial charge on any atom is 0.236 e. The Morgan fingerprint density at radius 3 is 2.71 bits per heavy atom. The highest BCUT2D eigenvalue weighted by Gasteiger charge is 2.18. The van der Waals surface area contributed by atoms with Crippen LogP contribution in [-0.4, -0.2) is 24.0 Å². The number of nitrogens with one attached hydrogen (secondary N) is 2. The van der Waals surface area contributed by atoms with E-state index in [0.717, 1.165) is 17.1 Å². The number of rotatable bonds is 6. The summed E-state index contributed by atoms with van der Waals surface area (Å²) in [5, 5.41) is 9.01. The highest BCUT2D eigenvalue weighted by molar-refractivity contribution is 7.09. The van der Waals surface area contributed by atoms with E-state index in [1.807, 2.05) is 12.3 Å². The zero-order valence-electron chi connectivity index (χ0n) is 10.9. The van der Waals surface area contributed by atoms with Crippen LogP contribution in [0.15, 0.2) is 5.38 Å². The number of nitrogens with zero attached hydrogens (tertiary/aromatic N) is 1. The number of carbonyl (C=O) groups excluding carboxylic acids is 1. The summed E-state index contributed by atoms with van der Waals surface area (Å²) in [5.41, 5.74) is 1.03. The summed E-state index contributed by atoms with van der Waals surface area (Å²) in [6.45, 7) is 6.87. The Balaban J connectivity index is 2.51. The Kier molecular flexibility index (Phi) is 5.58. The van der Waals surface area contributed by atoms with Crippen LogP contribution in [0.4, 0.5) is 0 Å². The second-order valence-corrected chi connectivity index (χ2v) is 5.50. The highest BCUT2D eigenvalue weighted by atomic mass is 32.1. The third-order valence-corrected chi connectivity index (χ3v) is 3.40. The van der Waals surface area contributed by atoms with Gasteiger partial charge in [-0.1, -0.05) is 13.8 Å². The molecule has 1 rings (SSSR count). The Morgan fingerprint density at radius 1 is 1.53 bits per heavy atom. The number of hydrogen-bond donors (Lipinski definition) is 2. The molecule has 5 heteroatoms. The number of carbonyl (C=O) groups is 1. The van der Waals surface area contributed by atoms with Crippen LogP contribution in [0.5, 0.6) is 0 Å². The van der Waals surface area contributed by atoms with Crippen molar-refractivity contribution in [1.82, 2.24) is 15.6 Å². The summed E-state index contributed by atoms with van der Waals surface area (Å²) in [5.74, 6) is 0.537. The summed E-state index contributed by atoms with van der Waals surface area (Å²) in [6, 6.07) is -0.135. The van der Waals surface area contributed by atoms with Gasteiger partial charge < -0.3 is 5.32 Å². The third-order valence-electron chi connectivity index (χ3n) is 2.44. The van der Waals surface area contributed by atoms with E-state index >= 15 is 0 Å². The SMILES string of the molecule is CNC(=O)C(CC(C)C)NCc1nc(C)cs1. The zero-order valence-corrected chi connectivity index (χ0v) is 11.7. The number of likely N-dealkylation sites (N-methyl/N-ethyl adjacent to an activating group) is 1. The molecule has 1 heterocycles. The molecule has 1 amide bonds. The monoisotopic (exact) mass is 255 g/mol. The van der Waals surface area contributed by atoms with Gasteiger partial charge in [-0.3, -0.25) is 10.1 Å². The van der Waals surface area contributed by atoms with Gasteiger partial charge in [-0.15, -0.1) is 11.3 Å². The third kappa shape index (κ3) is 4.83. The molecular formula is C12H21N3OS. The smallest absolute Gasteiger partial charge is 0.236 e. The van der Waals surface area contributed by atoms with E-state index in [2.05, 4.69) is 29.5 Å². The van der Waals surface area contributed by atoms with Crippen LogP contribution in [0.3, 0.4) is 0 Å². The number of aromatic nitrogens is 1. The van der Waals surface area contributed by atoms with Gasteiger partial charge in [0.15, 0.2) is 0 Å². The quantitative estimate of drug-likeness (QED) is 0.813. The molecule has 96 valence electrons. The van der Waals surface area contributed by atoms with Crippen molar-refractivity contribution in [3.63, 3.8) is 0 Å². The molecule has 0 saturated heterocycles. The molecule has 17 heavy (non-hydrogen) atoms. The molecule has 0 fully saturated rings. The molecule has 0 aliphatic heterocycles. The van der Waals surface area contributed by atoms with Crippen molar-refractivity contribution >= 4 is 17.2 Å². The Bertz CT molecular complexity index is 362. The van der Waals surface area contributed by atoms with Gasteiger partial charge >= 0.3 is 0 Å². The molecule has 0 radical (unpaired) electrons. The first-order chi connectivity index (χ1) is 8.02. The number of aryl methyl sites for hydroxylation is 1. The topological polar surface area (TPSA) is 54.0 Å². The largest absolute Gasteiger partial charge is 0.358 e. The highest BCUT2D eigenvalue weighted by Crippen LogP contribution is 2.10. The number of amides is 1. The molecule has 1 unspecified atom stereocenters. The van der Waals surface area contributed by atoms with E-state index in [9.17, 15) is 4.79 Å². The van der Waals surface area contributed by atoms with Crippen LogP contribution in [0.2, 0.25) is 0 Å². The van der Waals surface area contributed by atoms with E-state index in [1.54, 1.807) is 18.4 Å². The molecule has 1 aromatic heterocycles. The molecule has 4 nitrogen and oxygen atoms in total. The van der Waals surface area contributed by atoms with Gasteiger partial charge in [0, 0.05) is 24.7 Å². The molecule has 1 aromatic rings. The normalized spacial score (nSPS) is 12.8. The lowest BCUT2D eigenvalue weighted by molar-refractivity contribution is -0.123. The van der Waals surface area contributed by atoms with Gasteiger partial charge in [0.05, 0.1) is 6.04 Å². The van der Waals surface area contributed by atoms with Gasteiger partial charge in [0.25, 0.3) is 0 Å². The maximum absolute atomic E-state index is 11.7. The predicted octanol–water partition coefficient (Wildman–Crippen LogP) is 1.70. The molecular weight excluding hydrogens is 234 g/mol. The van der Waals surface area contributed by atoms with Crippen LogP contribution in [0, 0.1) is 12.8 Å². The summed E-state index contributed by atoms with van der Waals surface area (Å²) < 4.78 is 0. The Morgan fingerprint density at radius 2 is 2.24 bits per heavy atom. The Hall–Kier alpha value is -0.940. The van der Waals surface area contributed by atoms with Crippen molar-refractivity contribution in [3.8, 4) is 0 Å². The van der Waals surface area contributed by atoms with Crippen LogP contribution in [-0.2, 0) is 11.3 Å². The molecule has 0 aliphatic rings. The lowest BCUT2D eigenvalue weighted by Crippen LogP contribution is -2.43.